The lowest BCUT2D eigenvalue weighted by molar-refractivity contribution is 0.403. The lowest BCUT2D eigenvalue weighted by atomic mass is 10.1. The number of phenolic OH excluding ortho intramolecular Hbond substituents is 2. The van der Waals surface area contributed by atoms with Crippen LogP contribution in [0.25, 0.3) is 10.9 Å². The quantitative estimate of drug-likeness (QED) is 0.637. The zero-order valence-electron chi connectivity index (χ0n) is 10.7. The second-order valence-electron chi connectivity index (χ2n) is 4.56. The number of fused-ring (bicyclic) bond motifs is 1. The van der Waals surface area contributed by atoms with Crippen molar-refractivity contribution in [3.63, 3.8) is 0 Å². The highest BCUT2D eigenvalue weighted by molar-refractivity contribution is 5.90. The van der Waals surface area contributed by atoms with E-state index in [9.17, 15) is 10.2 Å². The summed E-state index contributed by atoms with van der Waals surface area (Å²) >= 11 is 0. The molecule has 4 nitrogen and oxygen atoms in total. The van der Waals surface area contributed by atoms with E-state index in [1.165, 1.54) is 6.07 Å². The van der Waals surface area contributed by atoms with Crippen LogP contribution >= 0.6 is 0 Å². The van der Waals surface area contributed by atoms with E-state index in [0.29, 0.717) is 6.54 Å². The lowest BCUT2D eigenvalue weighted by Crippen LogP contribution is -2.00. The number of hydrogen-bond donors (Lipinski definition) is 3. The summed E-state index contributed by atoms with van der Waals surface area (Å²) in [6, 6.07) is 14.7. The van der Waals surface area contributed by atoms with Crippen molar-refractivity contribution in [2.75, 3.05) is 5.32 Å². The van der Waals surface area contributed by atoms with E-state index >= 15 is 0 Å². The van der Waals surface area contributed by atoms with Crippen molar-refractivity contribution in [1.82, 2.24) is 4.98 Å². The monoisotopic (exact) mass is 266 g/mol. The first-order valence-corrected chi connectivity index (χ1v) is 6.32. The molecule has 0 saturated carbocycles. The number of pyridine rings is 1. The number of rotatable bonds is 3. The molecule has 1 aromatic heterocycles. The number of nitrogens with zero attached hydrogens (tertiary/aromatic N) is 1. The second-order valence-corrected chi connectivity index (χ2v) is 4.56. The molecule has 3 rings (SSSR count). The third kappa shape index (κ3) is 2.36. The molecule has 100 valence electrons. The van der Waals surface area contributed by atoms with Crippen molar-refractivity contribution in [3.05, 3.63) is 60.3 Å². The number of anilines is 1. The van der Waals surface area contributed by atoms with Crippen LogP contribution < -0.4 is 5.32 Å². The molecule has 2 aromatic carbocycles. The fourth-order valence-electron chi connectivity index (χ4n) is 2.12. The third-order valence-corrected chi connectivity index (χ3v) is 3.16. The van der Waals surface area contributed by atoms with Gasteiger partial charge in [-0.3, -0.25) is 4.98 Å². The van der Waals surface area contributed by atoms with Gasteiger partial charge in [-0.1, -0.05) is 24.3 Å². The van der Waals surface area contributed by atoms with Crippen LogP contribution in [0.1, 0.15) is 5.56 Å². The van der Waals surface area contributed by atoms with Crippen LogP contribution in [-0.4, -0.2) is 15.2 Å². The van der Waals surface area contributed by atoms with Gasteiger partial charge in [0.2, 0.25) is 0 Å². The number of nitrogens with one attached hydrogen (secondary N) is 1. The minimum atomic E-state index is -0.111. The molecule has 0 saturated heterocycles. The predicted molar refractivity (Wildman–Crippen MR) is 78.8 cm³/mol. The van der Waals surface area contributed by atoms with Gasteiger partial charge in [0.1, 0.15) is 0 Å². The number of aromatic nitrogens is 1. The van der Waals surface area contributed by atoms with Crippen LogP contribution in [0, 0.1) is 0 Å². The molecule has 0 atom stereocenters. The molecule has 1 heterocycles. The largest absolute Gasteiger partial charge is 0.504 e. The summed E-state index contributed by atoms with van der Waals surface area (Å²) in [5.41, 5.74) is 2.74. The summed E-state index contributed by atoms with van der Waals surface area (Å²) in [7, 11) is 0. The molecule has 0 amide bonds. The summed E-state index contributed by atoms with van der Waals surface area (Å²) in [5, 5.41) is 23.1. The number of aromatic hydroxyl groups is 2. The summed E-state index contributed by atoms with van der Waals surface area (Å²) in [5.74, 6) is -0.221. The maximum atomic E-state index is 9.48. The molecule has 4 heteroatoms. The van der Waals surface area contributed by atoms with Gasteiger partial charge in [-0.15, -0.1) is 0 Å². The number of phenols is 2. The molecule has 0 bridgehead atoms. The molecule has 0 unspecified atom stereocenters. The topological polar surface area (TPSA) is 65.4 Å². The Hall–Kier alpha value is -2.75. The maximum Gasteiger partial charge on any atom is 0.157 e. The van der Waals surface area contributed by atoms with Gasteiger partial charge >= 0.3 is 0 Å². The summed E-state index contributed by atoms with van der Waals surface area (Å²) in [4.78, 5) is 4.37. The Bertz CT molecular complexity index is 751. The van der Waals surface area contributed by atoms with Gasteiger partial charge in [-0.2, -0.15) is 0 Å². The first-order chi connectivity index (χ1) is 9.74. The molecule has 3 aromatic rings. The molecular formula is C16H14N2O2. The predicted octanol–water partition coefficient (Wildman–Crippen LogP) is 3.26. The average Bonchev–Trinajstić information content (AvgIpc) is 2.48. The molecule has 3 N–H and O–H groups in total. The van der Waals surface area contributed by atoms with E-state index in [1.807, 2.05) is 30.3 Å². The fraction of sp³-hybridized carbons (Fsp3) is 0.0625. The van der Waals surface area contributed by atoms with Crippen LogP contribution in [0.3, 0.4) is 0 Å². The van der Waals surface area contributed by atoms with Crippen molar-refractivity contribution in [1.29, 1.82) is 0 Å². The molecule has 0 aliphatic carbocycles. The number of para-hydroxylation sites is 1. The standard InChI is InChI=1S/C16H14N2O2/c19-14-7-6-11(9-15(14)20)10-18-13-5-1-3-12-4-2-8-17-16(12)13/h1-9,18-20H,10H2. The van der Waals surface area contributed by atoms with Crippen molar-refractivity contribution in [2.45, 2.75) is 6.54 Å². The Morgan fingerprint density at radius 2 is 1.80 bits per heavy atom. The number of hydrogen-bond acceptors (Lipinski definition) is 4. The Morgan fingerprint density at radius 1 is 0.950 bits per heavy atom. The normalized spacial score (nSPS) is 10.6. The van der Waals surface area contributed by atoms with Crippen LogP contribution in [0.15, 0.2) is 54.7 Å². The first-order valence-electron chi connectivity index (χ1n) is 6.32. The minimum Gasteiger partial charge on any atom is -0.504 e. The molecule has 0 radical (unpaired) electrons. The highest BCUT2D eigenvalue weighted by Gasteiger charge is 2.03. The van der Waals surface area contributed by atoms with Gasteiger partial charge in [0.25, 0.3) is 0 Å². The molecule has 0 spiro atoms. The number of benzene rings is 2. The molecule has 0 aliphatic heterocycles. The third-order valence-electron chi connectivity index (χ3n) is 3.16. The summed E-state index contributed by atoms with van der Waals surface area (Å²) in [6.45, 7) is 0.545. The van der Waals surface area contributed by atoms with Gasteiger partial charge in [-0.25, -0.2) is 0 Å². The van der Waals surface area contributed by atoms with Gasteiger partial charge in [0.05, 0.1) is 11.2 Å². The summed E-state index contributed by atoms with van der Waals surface area (Å²) in [6.07, 6.45) is 1.76. The van der Waals surface area contributed by atoms with Crippen molar-refractivity contribution >= 4 is 16.6 Å². The lowest BCUT2D eigenvalue weighted by Gasteiger charge is -2.09. The highest BCUT2D eigenvalue weighted by Crippen LogP contribution is 2.26. The minimum absolute atomic E-state index is 0.111. The summed E-state index contributed by atoms with van der Waals surface area (Å²) < 4.78 is 0. The Balaban J connectivity index is 1.85. The SMILES string of the molecule is Oc1ccc(CNc2cccc3cccnc23)cc1O. The van der Waals surface area contributed by atoms with Crippen molar-refractivity contribution < 1.29 is 10.2 Å². The Kier molecular flexibility index (Phi) is 3.13. The Labute approximate surface area is 116 Å². The molecule has 20 heavy (non-hydrogen) atoms. The van der Waals surface area contributed by atoms with E-state index in [0.717, 1.165) is 22.2 Å². The maximum absolute atomic E-state index is 9.48. The van der Waals surface area contributed by atoms with Crippen LogP contribution in [0.4, 0.5) is 5.69 Å². The average molecular weight is 266 g/mol. The van der Waals surface area contributed by atoms with Crippen LogP contribution in [0.2, 0.25) is 0 Å². The van der Waals surface area contributed by atoms with Crippen LogP contribution in [0.5, 0.6) is 11.5 Å². The fourth-order valence-corrected chi connectivity index (χ4v) is 2.12. The van der Waals surface area contributed by atoms with Gasteiger partial charge < -0.3 is 15.5 Å². The van der Waals surface area contributed by atoms with E-state index < -0.39 is 0 Å². The van der Waals surface area contributed by atoms with Gasteiger partial charge in [-0.05, 0) is 29.8 Å². The molecule has 0 fully saturated rings. The smallest absolute Gasteiger partial charge is 0.157 e. The van der Waals surface area contributed by atoms with E-state index in [1.54, 1.807) is 18.3 Å². The van der Waals surface area contributed by atoms with E-state index in [4.69, 9.17) is 0 Å². The zero-order chi connectivity index (χ0) is 13.9. The van der Waals surface area contributed by atoms with E-state index in [2.05, 4.69) is 10.3 Å². The van der Waals surface area contributed by atoms with Crippen LogP contribution in [-0.2, 0) is 6.54 Å². The van der Waals surface area contributed by atoms with Gasteiger partial charge in [0.15, 0.2) is 11.5 Å². The van der Waals surface area contributed by atoms with E-state index in [-0.39, 0.29) is 11.5 Å². The van der Waals surface area contributed by atoms with Crippen molar-refractivity contribution in [2.24, 2.45) is 0 Å². The zero-order valence-corrected chi connectivity index (χ0v) is 10.7. The molecule has 0 aliphatic rings. The first kappa shape index (κ1) is 12.3. The van der Waals surface area contributed by atoms with Crippen molar-refractivity contribution in [3.8, 4) is 11.5 Å². The van der Waals surface area contributed by atoms with Gasteiger partial charge in [0, 0.05) is 18.1 Å². The second kappa shape index (κ2) is 5.09. The highest BCUT2D eigenvalue weighted by atomic mass is 16.3. The molecular weight excluding hydrogens is 252 g/mol. The Morgan fingerprint density at radius 3 is 2.65 bits per heavy atom.